The van der Waals surface area contributed by atoms with Gasteiger partial charge in [-0.05, 0) is 47.9 Å². The maximum absolute atomic E-state index is 13.6. The monoisotopic (exact) mass is 467 g/mol. The van der Waals surface area contributed by atoms with Crippen LogP contribution in [0.4, 0.5) is 31.1 Å². The van der Waals surface area contributed by atoms with Crippen molar-refractivity contribution in [2.75, 3.05) is 0 Å². The minimum atomic E-state index is -4.78. The van der Waals surface area contributed by atoms with Crippen molar-refractivity contribution in [1.29, 1.82) is 0 Å². The summed E-state index contributed by atoms with van der Waals surface area (Å²) in [6.07, 6.45) is -8.28. The van der Waals surface area contributed by atoms with Crippen molar-refractivity contribution in [2.45, 2.75) is 31.9 Å². The number of rotatable bonds is 5. The summed E-state index contributed by atoms with van der Waals surface area (Å²) in [5, 5.41) is 4.98. The molecule has 174 valence electrons. The van der Waals surface area contributed by atoms with Gasteiger partial charge in [-0.2, -0.15) is 26.3 Å². The molecule has 10 heteroatoms. The van der Waals surface area contributed by atoms with E-state index in [-0.39, 0.29) is 12.1 Å². The second-order valence-electron chi connectivity index (χ2n) is 7.24. The average Bonchev–Trinajstić information content (AvgIpc) is 2.76. The number of halogens is 6. The normalized spacial score (nSPS) is 12.8. The minimum absolute atomic E-state index is 0.0123. The number of carbonyl (C=O) groups excluding carboxylic acids is 1. The van der Waals surface area contributed by atoms with Gasteiger partial charge in [0.15, 0.2) is 0 Å². The highest BCUT2D eigenvalue weighted by molar-refractivity contribution is 5.75. The maximum atomic E-state index is 13.6. The Morgan fingerprint density at radius 2 is 1.58 bits per heavy atom. The topological polar surface area (TPSA) is 54.0 Å². The summed E-state index contributed by atoms with van der Waals surface area (Å²) >= 11 is 0. The first-order valence-corrected chi connectivity index (χ1v) is 9.75. The van der Waals surface area contributed by atoms with Crippen LogP contribution < -0.4 is 10.6 Å². The number of aromatic nitrogens is 1. The molecule has 0 aliphatic carbocycles. The number of nitrogens with zero attached hydrogens (tertiary/aromatic N) is 1. The fraction of sp³-hybridized carbons (Fsp3) is 0.217. The van der Waals surface area contributed by atoms with Crippen molar-refractivity contribution in [1.82, 2.24) is 15.6 Å². The van der Waals surface area contributed by atoms with Crippen molar-refractivity contribution in [3.63, 3.8) is 0 Å². The molecule has 0 bridgehead atoms. The predicted molar refractivity (Wildman–Crippen MR) is 109 cm³/mol. The minimum Gasteiger partial charge on any atom is -0.334 e. The number of aryl methyl sites for hydroxylation is 1. The molecule has 1 unspecified atom stereocenters. The van der Waals surface area contributed by atoms with Gasteiger partial charge in [-0.15, -0.1) is 0 Å². The lowest BCUT2D eigenvalue weighted by molar-refractivity contribution is -0.139. The second kappa shape index (κ2) is 9.51. The van der Waals surface area contributed by atoms with E-state index in [4.69, 9.17) is 0 Å². The van der Waals surface area contributed by atoms with Gasteiger partial charge in [0.2, 0.25) is 0 Å². The number of carbonyl (C=O) groups is 1. The molecule has 3 rings (SSSR count). The van der Waals surface area contributed by atoms with E-state index in [1.54, 1.807) is 12.1 Å². The van der Waals surface area contributed by atoms with E-state index < -0.39 is 41.2 Å². The van der Waals surface area contributed by atoms with Crippen LogP contribution in [0.3, 0.4) is 0 Å². The number of benzene rings is 2. The molecule has 0 aliphatic rings. The van der Waals surface area contributed by atoms with Crippen LogP contribution in [0.1, 0.15) is 39.6 Å². The average molecular weight is 467 g/mol. The van der Waals surface area contributed by atoms with Gasteiger partial charge < -0.3 is 10.6 Å². The Labute approximate surface area is 185 Å². The number of hydrogen-bond acceptors (Lipinski definition) is 2. The number of hydrogen-bond donors (Lipinski definition) is 2. The molecule has 1 atom stereocenters. The van der Waals surface area contributed by atoms with Crippen LogP contribution in [0.2, 0.25) is 0 Å². The Morgan fingerprint density at radius 3 is 2.18 bits per heavy atom. The number of pyridine rings is 1. The summed E-state index contributed by atoms with van der Waals surface area (Å²) in [6, 6.07) is 10.4. The van der Waals surface area contributed by atoms with Crippen molar-refractivity contribution in [2.24, 2.45) is 0 Å². The zero-order chi connectivity index (χ0) is 24.2. The molecule has 0 fully saturated rings. The SMILES string of the molecule is Cc1ccccc1CNC(=O)NC(c1ccc(C(F)(F)F)cc1)c1ncccc1C(F)(F)F. The van der Waals surface area contributed by atoms with Gasteiger partial charge >= 0.3 is 18.4 Å². The highest BCUT2D eigenvalue weighted by Crippen LogP contribution is 2.36. The Balaban J connectivity index is 1.93. The van der Waals surface area contributed by atoms with Gasteiger partial charge in [-0.1, -0.05) is 36.4 Å². The van der Waals surface area contributed by atoms with Gasteiger partial charge in [0.05, 0.1) is 22.9 Å². The molecule has 1 heterocycles. The van der Waals surface area contributed by atoms with Gasteiger partial charge in [0.1, 0.15) is 0 Å². The molecule has 1 aromatic heterocycles. The Morgan fingerprint density at radius 1 is 0.909 bits per heavy atom. The largest absolute Gasteiger partial charge is 0.418 e. The lowest BCUT2D eigenvalue weighted by Gasteiger charge is -2.23. The number of amides is 2. The first-order chi connectivity index (χ1) is 15.5. The lowest BCUT2D eigenvalue weighted by atomic mass is 9.98. The molecule has 3 aromatic rings. The Hall–Kier alpha value is -3.56. The summed E-state index contributed by atoms with van der Waals surface area (Å²) in [6.45, 7) is 1.94. The maximum Gasteiger partial charge on any atom is 0.418 e. The molecular formula is C23H19F6N3O. The van der Waals surface area contributed by atoms with Crippen molar-refractivity contribution in [3.05, 3.63) is 100 Å². The van der Waals surface area contributed by atoms with Crippen molar-refractivity contribution >= 4 is 6.03 Å². The van der Waals surface area contributed by atoms with E-state index in [9.17, 15) is 31.1 Å². The van der Waals surface area contributed by atoms with Crippen LogP contribution in [0.5, 0.6) is 0 Å². The number of urea groups is 1. The fourth-order valence-electron chi connectivity index (χ4n) is 3.23. The molecule has 0 spiro atoms. The van der Waals surface area contributed by atoms with E-state index >= 15 is 0 Å². The van der Waals surface area contributed by atoms with Crippen LogP contribution in [0, 0.1) is 6.92 Å². The van der Waals surface area contributed by atoms with Crippen molar-refractivity contribution < 1.29 is 31.1 Å². The molecule has 4 nitrogen and oxygen atoms in total. The molecule has 2 N–H and O–H groups in total. The highest BCUT2D eigenvalue weighted by atomic mass is 19.4. The Bertz CT molecular complexity index is 1110. The molecule has 2 aromatic carbocycles. The van der Waals surface area contributed by atoms with Crippen LogP contribution >= 0.6 is 0 Å². The third-order valence-electron chi connectivity index (χ3n) is 4.96. The number of alkyl halides is 6. The van der Waals surface area contributed by atoms with Crippen LogP contribution in [-0.4, -0.2) is 11.0 Å². The summed E-state index contributed by atoms with van der Waals surface area (Å²) in [4.78, 5) is 16.4. The van der Waals surface area contributed by atoms with Crippen molar-refractivity contribution in [3.8, 4) is 0 Å². The highest BCUT2D eigenvalue weighted by Gasteiger charge is 2.37. The van der Waals surface area contributed by atoms with Gasteiger partial charge in [0, 0.05) is 12.7 Å². The molecule has 0 radical (unpaired) electrons. The first kappa shape index (κ1) is 24.1. The Kier molecular flexibility index (Phi) is 6.95. The molecule has 2 amide bonds. The summed E-state index contributed by atoms with van der Waals surface area (Å²) in [5.74, 6) is 0. The number of nitrogens with one attached hydrogen (secondary N) is 2. The third-order valence-corrected chi connectivity index (χ3v) is 4.96. The predicted octanol–water partition coefficient (Wildman–Crippen LogP) is 6.02. The van der Waals surface area contributed by atoms with Gasteiger partial charge in [-0.25, -0.2) is 4.79 Å². The standard InChI is InChI=1S/C23H19F6N3O/c1-14-5-2-3-6-16(14)13-31-21(33)32-19(15-8-10-17(11-9-15)22(24,25)26)20-18(23(27,28)29)7-4-12-30-20/h2-12,19H,13H2,1H3,(H2,31,32,33). The quantitative estimate of drug-likeness (QED) is 0.451. The molecular weight excluding hydrogens is 448 g/mol. The molecule has 0 aliphatic heterocycles. The third kappa shape index (κ3) is 6.03. The summed E-state index contributed by atoms with van der Waals surface area (Å²) in [5.41, 5.74) is -0.886. The first-order valence-electron chi connectivity index (χ1n) is 9.75. The van der Waals surface area contributed by atoms with Crippen LogP contribution in [0.25, 0.3) is 0 Å². The zero-order valence-electron chi connectivity index (χ0n) is 17.3. The van der Waals surface area contributed by atoms with Gasteiger partial charge in [-0.3, -0.25) is 4.98 Å². The fourth-order valence-corrected chi connectivity index (χ4v) is 3.23. The van der Waals surface area contributed by atoms with Gasteiger partial charge in [0.25, 0.3) is 0 Å². The van der Waals surface area contributed by atoms with Crippen LogP contribution in [0.15, 0.2) is 66.9 Å². The van der Waals surface area contributed by atoms with E-state index in [1.807, 2.05) is 19.1 Å². The summed E-state index contributed by atoms with van der Waals surface area (Å²) in [7, 11) is 0. The molecule has 33 heavy (non-hydrogen) atoms. The molecule has 0 saturated carbocycles. The van der Waals surface area contributed by atoms with Crippen LogP contribution in [-0.2, 0) is 18.9 Å². The lowest BCUT2D eigenvalue weighted by Crippen LogP contribution is -2.39. The summed E-state index contributed by atoms with van der Waals surface area (Å²) < 4.78 is 79.5. The zero-order valence-corrected chi connectivity index (χ0v) is 17.3. The van der Waals surface area contributed by atoms with E-state index in [0.717, 1.165) is 53.7 Å². The van der Waals surface area contributed by atoms with E-state index in [2.05, 4.69) is 15.6 Å². The van der Waals surface area contributed by atoms with E-state index in [1.165, 1.54) is 0 Å². The smallest absolute Gasteiger partial charge is 0.334 e. The van der Waals surface area contributed by atoms with E-state index in [0.29, 0.717) is 0 Å². The molecule has 0 saturated heterocycles. The second-order valence-corrected chi connectivity index (χ2v) is 7.24.